The molecule has 10 heteroatoms. The van der Waals surface area contributed by atoms with Gasteiger partial charge in [-0.05, 0) is 37.1 Å². The Balaban J connectivity index is 1.34. The van der Waals surface area contributed by atoms with E-state index in [4.69, 9.17) is 4.52 Å². The number of aromatic nitrogens is 2. The summed E-state index contributed by atoms with van der Waals surface area (Å²) in [5.41, 5.74) is 0.825. The predicted octanol–water partition coefficient (Wildman–Crippen LogP) is 2.94. The summed E-state index contributed by atoms with van der Waals surface area (Å²) in [6, 6.07) is 14.2. The van der Waals surface area contributed by atoms with Gasteiger partial charge >= 0.3 is 0 Å². The van der Waals surface area contributed by atoms with E-state index < -0.39 is 15.8 Å². The minimum absolute atomic E-state index is 0.0476. The lowest BCUT2D eigenvalue weighted by atomic mass is 9.97. The highest BCUT2D eigenvalue weighted by Gasteiger charge is 2.33. The van der Waals surface area contributed by atoms with E-state index in [1.807, 2.05) is 30.3 Å². The maximum atomic E-state index is 13.1. The summed E-state index contributed by atoms with van der Waals surface area (Å²) >= 11 is 0. The molecule has 32 heavy (non-hydrogen) atoms. The van der Waals surface area contributed by atoms with Crippen LogP contribution in [0.15, 0.2) is 64.0 Å². The average Bonchev–Trinajstić information content (AvgIpc) is 3.28. The van der Waals surface area contributed by atoms with Crippen molar-refractivity contribution in [2.75, 3.05) is 20.1 Å². The van der Waals surface area contributed by atoms with Crippen LogP contribution in [-0.4, -0.2) is 53.8 Å². The van der Waals surface area contributed by atoms with Gasteiger partial charge in [-0.15, -0.1) is 0 Å². The number of nitrogens with zero attached hydrogens (tertiary/aromatic N) is 4. The third kappa shape index (κ3) is 4.71. The third-order valence-corrected chi connectivity index (χ3v) is 7.42. The number of rotatable bonds is 6. The van der Waals surface area contributed by atoms with Crippen LogP contribution in [0.4, 0.5) is 4.39 Å². The topological polar surface area (TPSA) is 96.6 Å². The fraction of sp³-hybridized carbons (Fsp3) is 0.318. The number of carbonyl (C=O) groups is 1. The van der Waals surface area contributed by atoms with E-state index >= 15 is 0 Å². The molecule has 1 aliphatic heterocycles. The summed E-state index contributed by atoms with van der Waals surface area (Å²) in [5, 5.41) is 3.96. The quantitative estimate of drug-likeness (QED) is 0.564. The molecule has 1 amide bonds. The maximum Gasteiger partial charge on any atom is 0.246 e. The highest BCUT2D eigenvalue weighted by atomic mass is 32.2. The zero-order valence-electron chi connectivity index (χ0n) is 17.5. The predicted molar refractivity (Wildman–Crippen MR) is 114 cm³/mol. The molecule has 0 spiro atoms. The molecule has 3 aromatic rings. The molecule has 1 aromatic heterocycles. The molecule has 0 bridgehead atoms. The normalized spacial score (nSPS) is 15.6. The lowest BCUT2D eigenvalue weighted by Gasteiger charge is -2.32. The van der Waals surface area contributed by atoms with Crippen molar-refractivity contribution in [2.24, 2.45) is 5.92 Å². The van der Waals surface area contributed by atoms with Gasteiger partial charge in [-0.1, -0.05) is 35.5 Å². The summed E-state index contributed by atoms with van der Waals surface area (Å²) in [4.78, 5) is 18.8. The van der Waals surface area contributed by atoms with Crippen molar-refractivity contribution < 1.29 is 22.1 Å². The third-order valence-electron chi connectivity index (χ3n) is 5.50. The molecule has 2 aromatic carbocycles. The van der Waals surface area contributed by atoms with E-state index in [1.165, 1.54) is 21.3 Å². The van der Waals surface area contributed by atoms with E-state index in [9.17, 15) is 17.6 Å². The second-order valence-corrected chi connectivity index (χ2v) is 9.64. The summed E-state index contributed by atoms with van der Waals surface area (Å²) in [5.74, 6) is -0.0929. The Kier molecular flexibility index (Phi) is 6.33. The van der Waals surface area contributed by atoms with Crippen molar-refractivity contribution in [1.82, 2.24) is 19.3 Å². The molecule has 0 saturated carbocycles. The Morgan fingerprint density at radius 2 is 1.78 bits per heavy atom. The first-order valence-electron chi connectivity index (χ1n) is 10.2. The molecule has 2 heterocycles. The van der Waals surface area contributed by atoms with E-state index in [-0.39, 0.29) is 36.4 Å². The second-order valence-electron chi connectivity index (χ2n) is 7.70. The lowest BCUT2D eigenvalue weighted by molar-refractivity contribution is -0.136. The maximum absolute atomic E-state index is 13.1. The van der Waals surface area contributed by atoms with Crippen LogP contribution in [0, 0.1) is 11.7 Å². The highest BCUT2D eigenvalue weighted by molar-refractivity contribution is 7.89. The zero-order chi connectivity index (χ0) is 22.7. The number of sulfonamides is 1. The van der Waals surface area contributed by atoms with E-state index in [2.05, 4.69) is 10.1 Å². The van der Waals surface area contributed by atoms with Gasteiger partial charge in [-0.3, -0.25) is 4.79 Å². The van der Waals surface area contributed by atoms with Crippen molar-refractivity contribution in [3.63, 3.8) is 0 Å². The van der Waals surface area contributed by atoms with Crippen LogP contribution in [0.1, 0.15) is 18.7 Å². The number of benzene rings is 2. The minimum atomic E-state index is -3.71. The number of carbonyl (C=O) groups excluding carboxylic acids is 1. The van der Waals surface area contributed by atoms with Crippen LogP contribution in [0.3, 0.4) is 0 Å². The Labute approximate surface area is 185 Å². The second kappa shape index (κ2) is 9.17. The van der Waals surface area contributed by atoms with Gasteiger partial charge < -0.3 is 9.42 Å². The molecule has 4 rings (SSSR count). The van der Waals surface area contributed by atoms with Crippen LogP contribution < -0.4 is 0 Å². The zero-order valence-corrected chi connectivity index (χ0v) is 18.3. The molecule has 0 unspecified atom stereocenters. The Hall–Kier alpha value is -3.11. The number of hydrogen-bond acceptors (Lipinski definition) is 6. The van der Waals surface area contributed by atoms with Gasteiger partial charge in [0.1, 0.15) is 5.82 Å². The molecule has 0 aliphatic carbocycles. The summed E-state index contributed by atoms with van der Waals surface area (Å²) in [6.07, 6.45) is 0.811. The van der Waals surface area contributed by atoms with Gasteiger partial charge in [-0.25, -0.2) is 12.8 Å². The number of hydrogen-bond donors (Lipinski definition) is 0. The van der Waals surface area contributed by atoms with Gasteiger partial charge in [0.05, 0.1) is 11.4 Å². The van der Waals surface area contributed by atoms with Crippen molar-refractivity contribution in [3.8, 4) is 11.4 Å². The fourth-order valence-electron chi connectivity index (χ4n) is 3.71. The molecule has 1 fully saturated rings. The van der Waals surface area contributed by atoms with Crippen LogP contribution >= 0.6 is 0 Å². The molecule has 0 N–H and O–H groups in total. The largest absolute Gasteiger partial charge is 0.337 e. The fourth-order valence-corrected chi connectivity index (χ4v) is 5.18. The molecular formula is C22H23FN4O4S. The van der Waals surface area contributed by atoms with Crippen molar-refractivity contribution in [2.45, 2.75) is 24.3 Å². The highest BCUT2D eigenvalue weighted by Crippen LogP contribution is 2.25. The van der Waals surface area contributed by atoms with Gasteiger partial charge in [0.2, 0.25) is 27.6 Å². The van der Waals surface area contributed by atoms with Crippen molar-refractivity contribution in [1.29, 1.82) is 0 Å². The smallest absolute Gasteiger partial charge is 0.246 e. The molecular weight excluding hydrogens is 435 g/mol. The van der Waals surface area contributed by atoms with E-state index in [0.29, 0.717) is 24.6 Å². The Morgan fingerprint density at radius 3 is 2.44 bits per heavy atom. The Morgan fingerprint density at radius 1 is 1.12 bits per heavy atom. The first-order chi connectivity index (χ1) is 15.3. The first-order valence-corrected chi connectivity index (χ1v) is 11.7. The van der Waals surface area contributed by atoms with Gasteiger partial charge in [0.15, 0.2) is 0 Å². The SMILES string of the molecule is CN(Cc1nc(-c2ccccc2)no1)C(=O)C1CCN(S(=O)(=O)c2ccc(F)cc2)CC1. The van der Waals surface area contributed by atoms with Crippen molar-refractivity contribution in [3.05, 3.63) is 66.3 Å². The van der Waals surface area contributed by atoms with Gasteiger partial charge in [-0.2, -0.15) is 9.29 Å². The van der Waals surface area contributed by atoms with Gasteiger partial charge in [0, 0.05) is 31.6 Å². The summed E-state index contributed by atoms with van der Waals surface area (Å²) in [7, 11) is -2.05. The van der Waals surface area contributed by atoms with E-state index in [1.54, 1.807) is 7.05 Å². The number of halogens is 1. The van der Waals surface area contributed by atoms with E-state index in [0.717, 1.165) is 17.7 Å². The minimum Gasteiger partial charge on any atom is -0.337 e. The summed E-state index contributed by atoms with van der Waals surface area (Å²) < 4.78 is 45.2. The van der Waals surface area contributed by atoms with Crippen molar-refractivity contribution >= 4 is 15.9 Å². The molecule has 1 saturated heterocycles. The lowest BCUT2D eigenvalue weighted by Crippen LogP contribution is -2.43. The van der Waals surface area contributed by atoms with Crippen LogP contribution in [0.25, 0.3) is 11.4 Å². The number of piperidine rings is 1. The van der Waals surface area contributed by atoms with Crippen LogP contribution in [-0.2, 0) is 21.4 Å². The molecule has 8 nitrogen and oxygen atoms in total. The molecule has 168 valence electrons. The van der Waals surface area contributed by atoms with Crippen LogP contribution in [0.5, 0.6) is 0 Å². The molecule has 1 aliphatic rings. The summed E-state index contributed by atoms with van der Waals surface area (Å²) in [6.45, 7) is 0.623. The monoisotopic (exact) mass is 458 g/mol. The standard InChI is InChI=1S/C22H23FN4O4S/c1-26(15-20-24-21(25-31-20)16-5-3-2-4-6-16)22(28)17-11-13-27(14-12-17)32(29,30)19-9-7-18(23)8-10-19/h2-10,17H,11-15H2,1H3. The number of amides is 1. The molecule has 0 radical (unpaired) electrons. The Bertz CT molecular complexity index is 1170. The average molecular weight is 459 g/mol. The first kappa shape index (κ1) is 22.1. The molecule has 0 atom stereocenters. The van der Waals surface area contributed by atoms with Crippen LogP contribution in [0.2, 0.25) is 0 Å². The van der Waals surface area contributed by atoms with Gasteiger partial charge in [0.25, 0.3) is 0 Å².